The zero-order valence-corrected chi connectivity index (χ0v) is 8.53. The average Bonchev–Trinajstić information content (AvgIpc) is 2.65. The van der Waals surface area contributed by atoms with Crippen LogP contribution in [0.15, 0.2) is 18.3 Å². The largest absolute Gasteiger partial charge is 0.351 e. The van der Waals surface area contributed by atoms with E-state index in [4.69, 9.17) is 5.26 Å². The number of rotatable bonds is 4. The molecule has 72 valence electrons. The van der Waals surface area contributed by atoms with Gasteiger partial charge >= 0.3 is 0 Å². The van der Waals surface area contributed by atoms with Crippen LogP contribution in [-0.4, -0.2) is 4.57 Å². The molecule has 0 unspecified atom stereocenters. The van der Waals surface area contributed by atoms with Crippen molar-refractivity contribution in [2.45, 2.75) is 39.7 Å². The van der Waals surface area contributed by atoms with E-state index in [0.29, 0.717) is 0 Å². The van der Waals surface area contributed by atoms with Gasteiger partial charge in [0, 0.05) is 25.0 Å². The van der Waals surface area contributed by atoms with E-state index in [9.17, 15) is 0 Å². The van der Waals surface area contributed by atoms with Crippen molar-refractivity contribution in [1.82, 2.24) is 4.57 Å². The van der Waals surface area contributed by atoms with Crippen molar-refractivity contribution in [2.75, 3.05) is 0 Å². The van der Waals surface area contributed by atoms with E-state index in [1.54, 1.807) is 0 Å². The van der Waals surface area contributed by atoms with Crippen molar-refractivity contribution < 1.29 is 0 Å². The van der Waals surface area contributed by atoms with Crippen LogP contribution in [0.25, 0.3) is 0 Å². The van der Waals surface area contributed by atoms with E-state index in [0.717, 1.165) is 6.42 Å². The van der Waals surface area contributed by atoms with Crippen molar-refractivity contribution in [1.29, 1.82) is 5.26 Å². The van der Waals surface area contributed by atoms with E-state index in [1.165, 1.54) is 25.1 Å². The minimum Gasteiger partial charge on any atom is -0.351 e. The minimum atomic E-state index is 1.15. The summed E-state index contributed by atoms with van der Waals surface area (Å²) in [5.74, 6) is 0. The predicted octanol–water partition coefficient (Wildman–Crippen LogP) is 2.99. The Morgan fingerprint density at radius 1 is 1.38 bits per heavy atom. The number of aromatic nitrogens is 1. The molecule has 0 radical (unpaired) electrons. The van der Waals surface area contributed by atoms with Gasteiger partial charge < -0.3 is 4.57 Å². The molecule has 0 aromatic carbocycles. The number of unbranched alkanes of at least 4 members (excludes halogenated alkanes) is 1. The first-order valence-electron chi connectivity index (χ1n) is 4.78. The van der Waals surface area contributed by atoms with Crippen molar-refractivity contribution in [2.24, 2.45) is 0 Å². The third kappa shape index (κ3) is 3.80. The lowest BCUT2D eigenvalue weighted by Crippen LogP contribution is -1.99. The van der Waals surface area contributed by atoms with Gasteiger partial charge in [0.2, 0.25) is 0 Å². The molecule has 2 nitrogen and oxygen atoms in total. The lowest BCUT2D eigenvalue weighted by Gasteiger charge is -2.05. The van der Waals surface area contributed by atoms with E-state index >= 15 is 0 Å². The maximum absolute atomic E-state index is 6.50. The van der Waals surface area contributed by atoms with E-state index in [1.807, 2.05) is 0 Å². The second-order valence-electron chi connectivity index (χ2n) is 2.90. The summed E-state index contributed by atoms with van der Waals surface area (Å²) in [6.45, 7) is 9.12. The van der Waals surface area contributed by atoms with E-state index < -0.39 is 0 Å². The maximum Gasteiger partial charge on any atom is 0.0462 e. The number of aryl methyl sites for hydroxylation is 2. The van der Waals surface area contributed by atoms with Gasteiger partial charge in [0.1, 0.15) is 0 Å². The summed E-state index contributed by atoms with van der Waals surface area (Å²) in [6, 6.07) is 4.34. The zero-order valence-electron chi connectivity index (χ0n) is 8.53. The Balaban J connectivity index is 0.000000671. The highest BCUT2D eigenvalue weighted by Crippen LogP contribution is 2.04. The molecule has 0 spiro atoms. The van der Waals surface area contributed by atoms with Gasteiger partial charge in [-0.1, -0.05) is 20.3 Å². The fourth-order valence-electron chi connectivity index (χ4n) is 1.32. The molecule has 1 heterocycles. The molecule has 1 aromatic heterocycles. The molecule has 0 aliphatic carbocycles. The smallest absolute Gasteiger partial charge is 0.0462 e. The summed E-state index contributed by atoms with van der Waals surface area (Å²) in [6.07, 6.45) is 5.90. The molecule has 0 atom stereocenters. The molecular formula is C11H18N2. The highest BCUT2D eigenvalue weighted by molar-refractivity contribution is 5.06. The Bertz CT molecular complexity index is 235. The van der Waals surface area contributed by atoms with Crippen molar-refractivity contribution in [3.63, 3.8) is 0 Å². The first kappa shape index (κ1) is 11.8. The summed E-state index contributed by atoms with van der Waals surface area (Å²) >= 11 is 0. The van der Waals surface area contributed by atoms with Gasteiger partial charge in [0.25, 0.3) is 0 Å². The molecule has 0 aliphatic rings. The molecule has 1 rings (SSSR count). The summed E-state index contributed by atoms with van der Waals surface area (Å²) in [5, 5.41) is 6.50. The summed E-state index contributed by atoms with van der Waals surface area (Å²) in [4.78, 5) is 0. The first-order chi connectivity index (χ1) is 6.38. The standard InChI is InChI=1S/C10H17N.CHN/c1-3-5-8-11-9-6-7-10(11)4-2;1-2/h6-7,9H,3-5,8H2,1-2H3;1H. The van der Waals surface area contributed by atoms with Crippen LogP contribution in [0.3, 0.4) is 0 Å². The SMILES string of the molecule is C#N.CCCCn1cccc1CC. The topological polar surface area (TPSA) is 28.7 Å². The molecule has 2 heteroatoms. The molecule has 0 bridgehead atoms. The van der Waals surface area contributed by atoms with Crippen LogP contribution in [0.4, 0.5) is 0 Å². The molecule has 0 saturated heterocycles. The van der Waals surface area contributed by atoms with Crippen LogP contribution in [0.2, 0.25) is 0 Å². The Morgan fingerprint density at radius 2 is 2.08 bits per heavy atom. The second-order valence-corrected chi connectivity index (χ2v) is 2.90. The Labute approximate surface area is 80.8 Å². The van der Waals surface area contributed by atoms with E-state index in [-0.39, 0.29) is 0 Å². The second kappa shape index (κ2) is 7.42. The lowest BCUT2D eigenvalue weighted by atomic mass is 10.3. The van der Waals surface area contributed by atoms with Crippen molar-refractivity contribution in [3.05, 3.63) is 24.0 Å². The van der Waals surface area contributed by atoms with Gasteiger partial charge in [0.05, 0.1) is 0 Å². The fraction of sp³-hybridized carbons (Fsp3) is 0.545. The Morgan fingerprint density at radius 3 is 2.62 bits per heavy atom. The third-order valence-electron chi connectivity index (χ3n) is 2.04. The molecule has 1 aromatic rings. The molecule has 0 aliphatic heterocycles. The number of nitriles is 1. The van der Waals surface area contributed by atoms with Gasteiger partial charge in [-0.25, -0.2) is 5.26 Å². The normalized spacial score (nSPS) is 8.92. The van der Waals surface area contributed by atoms with Gasteiger partial charge in [-0.2, -0.15) is 0 Å². The summed E-state index contributed by atoms with van der Waals surface area (Å²) in [7, 11) is 0. The van der Waals surface area contributed by atoms with Gasteiger partial charge in [-0.3, -0.25) is 0 Å². The maximum atomic E-state index is 6.50. The van der Waals surface area contributed by atoms with Crippen molar-refractivity contribution in [3.8, 4) is 6.57 Å². The number of hydrogen-bond donors (Lipinski definition) is 0. The third-order valence-corrected chi connectivity index (χ3v) is 2.04. The van der Waals surface area contributed by atoms with Gasteiger partial charge in [-0.05, 0) is 25.0 Å². The highest BCUT2D eigenvalue weighted by Gasteiger charge is 1.95. The summed E-state index contributed by atoms with van der Waals surface area (Å²) in [5.41, 5.74) is 1.46. The summed E-state index contributed by atoms with van der Waals surface area (Å²) < 4.78 is 2.35. The highest BCUT2D eigenvalue weighted by atomic mass is 15.0. The quantitative estimate of drug-likeness (QED) is 0.696. The van der Waals surface area contributed by atoms with Crippen LogP contribution in [0.5, 0.6) is 0 Å². The van der Waals surface area contributed by atoms with Crippen molar-refractivity contribution >= 4 is 0 Å². The zero-order chi connectivity index (χ0) is 10.1. The molecule has 0 N–H and O–H groups in total. The first-order valence-corrected chi connectivity index (χ1v) is 4.78. The monoisotopic (exact) mass is 178 g/mol. The van der Waals surface area contributed by atoms with Gasteiger partial charge in [0.15, 0.2) is 0 Å². The molecule has 0 fully saturated rings. The van der Waals surface area contributed by atoms with Crippen LogP contribution in [0.1, 0.15) is 32.4 Å². The van der Waals surface area contributed by atoms with Crippen LogP contribution in [-0.2, 0) is 13.0 Å². The van der Waals surface area contributed by atoms with Gasteiger partial charge in [-0.15, -0.1) is 0 Å². The average molecular weight is 178 g/mol. The minimum absolute atomic E-state index is 1.15. The molecule has 0 saturated carbocycles. The van der Waals surface area contributed by atoms with Crippen LogP contribution < -0.4 is 0 Å². The molecular weight excluding hydrogens is 160 g/mol. The number of hydrogen-bond acceptors (Lipinski definition) is 1. The molecule has 13 heavy (non-hydrogen) atoms. The Kier molecular flexibility index (Phi) is 6.72. The lowest BCUT2D eigenvalue weighted by molar-refractivity contribution is 0.613. The fourth-order valence-corrected chi connectivity index (χ4v) is 1.32. The Hall–Kier alpha value is -1.23. The van der Waals surface area contributed by atoms with Crippen LogP contribution in [0, 0.1) is 11.8 Å². The predicted molar refractivity (Wildman–Crippen MR) is 55.4 cm³/mol. The van der Waals surface area contributed by atoms with Crippen LogP contribution >= 0.6 is 0 Å². The molecule has 0 amide bonds. The number of nitrogens with zero attached hydrogens (tertiary/aromatic N) is 2. The van der Waals surface area contributed by atoms with E-state index in [2.05, 4.69) is 43.3 Å².